The van der Waals surface area contributed by atoms with Crippen LogP contribution >= 0.6 is 11.8 Å². The van der Waals surface area contributed by atoms with Crippen LogP contribution in [0.3, 0.4) is 0 Å². The molecule has 1 rings (SSSR count). The molecule has 1 unspecified atom stereocenters. The van der Waals surface area contributed by atoms with E-state index in [1.807, 2.05) is 0 Å². The summed E-state index contributed by atoms with van der Waals surface area (Å²) in [4.78, 5) is 33.6. The average molecular weight is 342 g/mol. The first-order chi connectivity index (χ1) is 10.6. The van der Waals surface area contributed by atoms with Crippen LogP contribution in [0.5, 0.6) is 0 Å². The summed E-state index contributed by atoms with van der Waals surface area (Å²) in [7, 11) is 0. The van der Waals surface area contributed by atoms with E-state index in [-0.39, 0.29) is 11.4 Å². The highest BCUT2D eigenvalue weighted by Gasteiger charge is 2.25. The number of nitro benzene ring substituents is 1. The zero-order valence-corrected chi connectivity index (χ0v) is 13.8. The third-order valence-electron chi connectivity index (χ3n) is 2.46. The van der Waals surface area contributed by atoms with Crippen molar-refractivity contribution in [1.82, 2.24) is 5.32 Å². The van der Waals surface area contributed by atoms with E-state index in [0.29, 0.717) is 4.90 Å². The number of nitrogens with zero attached hydrogens (tertiary/aromatic N) is 1. The molecule has 0 saturated heterocycles. The van der Waals surface area contributed by atoms with Crippen LogP contribution in [0.2, 0.25) is 0 Å². The van der Waals surface area contributed by atoms with Gasteiger partial charge in [0.05, 0.1) is 9.82 Å². The molecule has 0 radical (unpaired) electrons. The lowest BCUT2D eigenvalue weighted by atomic mass is 10.2. The van der Waals surface area contributed by atoms with Gasteiger partial charge in [-0.05, 0) is 26.8 Å². The van der Waals surface area contributed by atoms with Crippen LogP contribution in [0, 0.1) is 10.1 Å². The SMILES string of the molecule is CC(C)(C)OC(=O)NC(CSc1ccccc1[N+](=O)[O-])C(=O)O. The van der Waals surface area contributed by atoms with Crippen molar-refractivity contribution in [2.24, 2.45) is 0 Å². The van der Waals surface area contributed by atoms with Crippen molar-refractivity contribution in [3.8, 4) is 0 Å². The van der Waals surface area contributed by atoms with Crippen molar-refractivity contribution < 1.29 is 24.4 Å². The Kier molecular flexibility index (Phi) is 6.38. The van der Waals surface area contributed by atoms with E-state index in [4.69, 9.17) is 9.84 Å². The van der Waals surface area contributed by atoms with Gasteiger partial charge in [-0.3, -0.25) is 10.1 Å². The summed E-state index contributed by atoms with van der Waals surface area (Å²) >= 11 is 0.979. The number of thioether (sulfide) groups is 1. The van der Waals surface area contributed by atoms with Gasteiger partial charge in [0.15, 0.2) is 0 Å². The number of carboxylic acid groups (broad SMARTS) is 1. The van der Waals surface area contributed by atoms with E-state index in [2.05, 4.69) is 5.32 Å². The molecule has 0 heterocycles. The number of ether oxygens (including phenoxy) is 1. The lowest BCUT2D eigenvalue weighted by Gasteiger charge is -2.21. The Hall–Kier alpha value is -2.29. The summed E-state index contributed by atoms with van der Waals surface area (Å²) in [6, 6.07) is 4.77. The number of nitrogens with one attached hydrogen (secondary N) is 1. The van der Waals surface area contributed by atoms with Crippen molar-refractivity contribution in [3.63, 3.8) is 0 Å². The van der Waals surface area contributed by atoms with E-state index in [0.717, 1.165) is 11.8 Å². The summed E-state index contributed by atoms with van der Waals surface area (Å²) in [5, 5.41) is 22.3. The lowest BCUT2D eigenvalue weighted by Crippen LogP contribution is -2.44. The third-order valence-corrected chi connectivity index (χ3v) is 3.61. The summed E-state index contributed by atoms with van der Waals surface area (Å²) in [6.45, 7) is 4.97. The monoisotopic (exact) mass is 342 g/mol. The standard InChI is InChI=1S/C14H18N2O6S/c1-14(2,3)22-13(19)15-9(12(17)18)8-23-11-7-5-4-6-10(11)16(20)21/h4-7,9H,8H2,1-3H3,(H,15,19)(H,17,18). The average Bonchev–Trinajstić information content (AvgIpc) is 2.41. The lowest BCUT2D eigenvalue weighted by molar-refractivity contribution is -0.387. The maximum Gasteiger partial charge on any atom is 0.408 e. The molecule has 126 valence electrons. The van der Waals surface area contributed by atoms with Crippen LogP contribution in [0.15, 0.2) is 29.2 Å². The Morgan fingerprint density at radius 3 is 2.52 bits per heavy atom. The molecule has 1 aromatic rings. The van der Waals surface area contributed by atoms with Crippen molar-refractivity contribution >= 4 is 29.5 Å². The first kappa shape index (κ1) is 18.8. The minimum absolute atomic E-state index is 0.0700. The number of alkyl carbamates (subject to hydrolysis) is 1. The first-order valence-electron chi connectivity index (χ1n) is 6.68. The Balaban J connectivity index is 2.73. The maximum atomic E-state index is 11.6. The number of carbonyl (C=O) groups is 2. The van der Waals surface area contributed by atoms with E-state index in [1.165, 1.54) is 18.2 Å². The number of para-hydroxylation sites is 1. The normalized spacial score (nSPS) is 12.3. The fourth-order valence-electron chi connectivity index (χ4n) is 1.53. The second-order valence-electron chi connectivity index (χ2n) is 5.57. The van der Waals surface area contributed by atoms with Crippen molar-refractivity contribution in [2.45, 2.75) is 37.3 Å². The maximum absolute atomic E-state index is 11.6. The molecule has 0 aliphatic carbocycles. The first-order valence-corrected chi connectivity index (χ1v) is 7.67. The molecule has 23 heavy (non-hydrogen) atoms. The van der Waals surface area contributed by atoms with Gasteiger partial charge < -0.3 is 15.2 Å². The molecule has 2 N–H and O–H groups in total. The highest BCUT2D eigenvalue weighted by atomic mass is 32.2. The minimum atomic E-state index is -1.25. The number of amides is 1. The van der Waals surface area contributed by atoms with E-state index in [9.17, 15) is 19.7 Å². The predicted molar refractivity (Wildman–Crippen MR) is 84.6 cm³/mol. The molecule has 8 nitrogen and oxygen atoms in total. The summed E-state index contributed by atoms with van der Waals surface area (Å²) in [6.07, 6.45) is -0.854. The van der Waals surface area contributed by atoms with Crippen molar-refractivity contribution in [1.29, 1.82) is 0 Å². The number of carboxylic acids is 1. The molecule has 0 bridgehead atoms. The molecular weight excluding hydrogens is 324 g/mol. The van der Waals surface area contributed by atoms with Crippen LogP contribution < -0.4 is 5.32 Å². The largest absolute Gasteiger partial charge is 0.480 e. The van der Waals surface area contributed by atoms with E-state index < -0.39 is 28.6 Å². The molecule has 0 fully saturated rings. The number of nitro groups is 1. The van der Waals surface area contributed by atoms with Crippen LogP contribution in [-0.4, -0.2) is 39.5 Å². The Morgan fingerprint density at radius 1 is 1.39 bits per heavy atom. The highest BCUT2D eigenvalue weighted by molar-refractivity contribution is 7.99. The van der Waals surface area contributed by atoms with Gasteiger partial charge in [-0.15, -0.1) is 11.8 Å². The Labute approximate surface area is 137 Å². The van der Waals surface area contributed by atoms with Gasteiger partial charge in [0, 0.05) is 11.8 Å². The molecule has 0 aliphatic rings. The van der Waals surface area contributed by atoms with Crippen LogP contribution in [-0.2, 0) is 9.53 Å². The zero-order valence-electron chi connectivity index (χ0n) is 12.9. The second-order valence-corrected chi connectivity index (χ2v) is 6.63. The van der Waals surface area contributed by atoms with Gasteiger partial charge in [-0.25, -0.2) is 9.59 Å². The number of benzene rings is 1. The van der Waals surface area contributed by atoms with E-state index in [1.54, 1.807) is 26.8 Å². The van der Waals surface area contributed by atoms with Gasteiger partial charge in [-0.1, -0.05) is 12.1 Å². The third kappa shape index (κ3) is 6.55. The fourth-order valence-corrected chi connectivity index (χ4v) is 2.57. The minimum Gasteiger partial charge on any atom is -0.480 e. The molecule has 1 atom stereocenters. The Bertz CT molecular complexity index is 599. The number of hydrogen-bond acceptors (Lipinski definition) is 6. The predicted octanol–water partition coefficient (Wildman–Crippen LogP) is 2.66. The zero-order chi connectivity index (χ0) is 17.6. The molecule has 0 aliphatic heterocycles. The van der Waals surface area contributed by atoms with Gasteiger partial charge in [0.1, 0.15) is 11.6 Å². The summed E-state index contributed by atoms with van der Waals surface area (Å²) in [5.74, 6) is -1.32. The number of aliphatic carboxylic acids is 1. The van der Waals surface area contributed by atoms with Gasteiger partial charge >= 0.3 is 12.1 Å². The smallest absolute Gasteiger partial charge is 0.408 e. The highest BCUT2D eigenvalue weighted by Crippen LogP contribution is 2.29. The molecule has 1 amide bonds. The van der Waals surface area contributed by atoms with Crippen LogP contribution in [0.4, 0.5) is 10.5 Å². The molecule has 0 saturated carbocycles. The quantitative estimate of drug-likeness (QED) is 0.463. The molecule has 0 aromatic heterocycles. The molecule has 9 heteroatoms. The molecular formula is C14H18N2O6S. The molecule has 0 spiro atoms. The topological polar surface area (TPSA) is 119 Å². The fraction of sp³-hybridized carbons (Fsp3) is 0.429. The second kappa shape index (κ2) is 7.82. The van der Waals surface area contributed by atoms with Crippen LogP contribution in [0.1, 0.15) is 20.8 Å². The van der Waals surface area contributed by atoms with Gasteiger partial charge in [-0.2, -0.15) is 0 Å². The summed E-state index contributed by atoms with van der Waals surface area (Å²) < 4.78 is 5.00. The van der Waals surface area contributed by atoms with Gasteiger partial charge in [0.25, 0.3) is 5.69 Å². The van der Waals surface area contributed by atoms with Crippen molar-refractivity contribution in [3.05, 3.63) is 34.4 Å². The van der Waals surface area contributed by atoms with Crippen molar-refractivity contribution in [2.75, 3.05) is 5.75 Å². The van der Waals surface area contributed by atoms with Gasteiger partial charge in [0.2, 0.25) is 0 Å². The van der Waals surface area contributed by atoms with Crippen LogP contribution in [0.25, 0.3) is 0 Å². The number of carbonyl (C=O) groups excluding carboxylic acids is 1. The summed E-state index contributed by atoms with van der Waals surface area (Å²) in [5.41, 5.74) is -0.864. The molecule has 1 aromatic carbocycles. The number of rotatable bonds is 6. The Morgan fingerprint density at radius 2 is 2.00 bits per heavy atom. The number of hydrogen-bond donors (Lipinski definition) is 2. The van der Waals surface area contributed by atoms with E-state index >= 15 is 0 Å².